The summed E-state index contributed by atoms with van der Waals surface area (Å²) in [5.41, 5.74) is 0.916. The maximum atomic E-state index is 9.25. The molecule has 0 aliphatic rings. The molecule has 0 spiro atoms. The predicted molar refractivity (Wildman–Crippen MR) is 59.4 cm³/mol. The SMILES string of the molecule is Cc1cc(O)ccc1Oc1ccccc1. The van der Waals surface area contributed by atoms with Gasteiger partial charge in [0.25, 0.3) is 0 Å². The van der Waals surface area contributed by atoms with E-state index in [0.717, 1.165) is 17.1 Å². The molecule has 0 saturated heterocycles. The van der Waals surface area contributed by atoms with Gasteiger partial charge in [-0.2, -0.15) is 0 Å². The Morgan fingerprint density at radius 2 is 1.73 bits per heavy atom. The summed E-state index contributed by atoms with van der Waals surface area (Å²) >= 11 is 0. The van der Waals surface area contributed by atoms with E-state index in [1.807, 2.05) is 37.3 Å². The molecule has 2 nitrogen and oxygen atoms in total. The Labute approximate surface area is 88.8 Å². The first-order valence-corrected chi connectivity index (χ1v) is 4.78. The number of aromatic hydroxyl groups is 1. The number of rotatable bonds is 2. The Morgan fingerprint density at radius 1 is 1.00 bits per heavy atom. The van der Waals surface area contributed by atoms with Gasteiger partial charge >= 0.3 is 0 Å². The first-order valence-electron chi connectivity index (χ1n) is 4.78. The van der Waals surface area contributed by atoms with Crippen molar-refractivity contribution in [3.63, 3.8) is 0 Å². The Morgan fingerprint density at radius 3 is 2.40 bits per heavy atom. The summed E-state index contributed by atoms with van der Waals surface area (Å²) in [6.07, 6.45) is 0. The number of benzene rings is 2. The molecule has 0 unspecified atom stereocenters. The highest BCUT2D eigenvalue weighted by Crippen LogP contribution is 2.27. The highest BCUT2D eigenvalue weighted by atomic mass is 16.5. The second kappa shape index (κ2) is 4.05. The van der Waals surface area contributed by atoms with E-state index in [4.69, 9.17) is 4.74 Å². The summed E-state index contributed by atoms with van der Waals surface area (Å²) in [5, 5.41) is 9.25. The Hall–Kier alpha value is -1.96. The summed E-state index contributed by atoms with van der Waals surface area (Å²) < 4.78 is 5.65. The summed E-state index contributed by atoms with van der Waals surface area (Å²) in [7, 11) is 0. The molecule has 76 valence electrons. The molecule has 0 fully saturated rings. The van der Waals surface area contributed by atoms with Crippen LogP contribution in [-0.4, -0.2) is 5.11 Å². The van der Waals surface area contributed by atoms with Gasteiger partial charge in [0.1, 0.15) is 17.2 Å². The molecule has 0 atom stereocenters. The Kier molecular flexibility index (Phi) is 2.59. The highest BCUT2D eigenvalue weighted by Gasteiger charge is 2.01. The van der Waals surface area contributed by atoms with Crippen LogP contribution in [0, 0.1) is 6.92 Å². The van der Waals surface area contributed by atoms with Crippen molar-refractivity contribution in [1.82, 2.24) is 0 Å². The van der Waals surface area contributed by atoms with Crippen LogP contribution in [-0.2, 0) is 0 Å². The third-order valence-electron chi connectivity index (χ3n) is 2.13. The fourth-order valence-electron chi connectivity index (χ4n) is 1.36. The Bertz CT molecular complexity index is 449. The lowest BCUT2D eigenvalue weighted by molar-refractivity contribution is 0.461. The molecular formula is C13H12O2. The maximum Gasteiger partial charge on any atom is 0.130 e. The number of hydrogen-bond donors (Lipinski definition) is 1. The predicted octanol–water partition coefficient (Wildman–Crippen LogP) is 3.49. The lowest BCUT2D eigenvalue weighted by Gasteiger charge is -2.08. The smallest absolute Gasteiger partial charge is 0.130 e. The third-order valence-corrected chi connectivity index (χ3v) is 2.13. The van der Waals surface area contributed by atoms with Gasteiger partial charge < -0.3 is 9.84 Å². The molecule has 2 rings (SSSR count). The molecule has 0 aliphatic carbocycles. The number of aryl methyl sites for hydroxylation is 1. The van der Waals surface area contributed by atoms with E-state index >= 15 is 0 Å². The zero-order chi connectivity index (χ0) is 10.7. The molecule has 0 radical (unpaired) electrons. The zero-order valence-electron chi connectivity index (χ0n) is 8.47. The molecule has 15 heavy (non-hydrogen) atoms. The monoisotopic (exact) mass is 200 g/mol. The van der Waals surface area contributed by atoms with Crippen LogP contribution >= 0.6 is 0 Å². The van der Waals surface area contributed by atoms with Gasteiger partial charge in [-0.05, 0) is 42.8 Å². The van der Waals surface area contributed by atoms with Crippen molar-refractivity contribution in [2.24, 2.45) is 0 Å². The molecule has 1 N–H and O–H groups in total. The van der Waals surface area contributed by atoms with Crippen LogP contribution in [0.3, 0.4) is 0 Å². The average molecular weight is 200 g/mol. The molecule has 0 heterocycles. The fourth-order valence-corrected chi connectivity index (χ4v) is 1.36. The average Bonchev–Trinajstić information content (AvgIpc) is 2.24. The number of hydrogen-bond acceptors (Lipinski definition) is 2. The fraction of sp³-hybridized carbons (Fsp3) is 0.0769. The molecule has 2 aromatic carbocycles. The quantitative estimate of drug-likeness (QED) is 0.804. The number of para-hydroxylation sites is 1. The normalized spacial score (nSPS) is 9.93. The minimum atomic E-state index is 0.257. The van der Waals surface area contributed by atoms with Gasteiger partial charge in [-0.3, -0.25) is 0 Å². The molecule has 0 aromatic heterocycles. The lowest BCUT2D eigenvalue weighted by atomic mass is 10.2. The highest BCUT2D eigenvalue weighted by molar-refractivity contribution is 5.41. The van der Waals surface area contributed by atoms with Crippen LogP contribution in [0.15, 0.2) is 48.5 Å². The van der Waals surface area contributed by atoms with Gasteiger partial charge in [-0.25, -0.2) is 0 Å². The van der Waals surface area contributed by atoms with Crippen molar-refractivity contribution in [3.8, 4) is 17.2 Å². The minimum absolute atomic E-state index is 0.257. The summed E-state index contributed by atoms with van der Waals surface area (Å²) in [6.45, 7) is 1.90. The third kappa shape index (κ3) is 2.29. The van der Waals surface area contributed by atoms with E-state index in [9.17, 15) is 5.11 Å². The number of ether oxygens (including phenoxy) is 1. The summed E-state index contributed by atoms with van der Waals surface area (Å²) in [4.78, 5) is 0. The second-order valence-corrected chi connectivity index (χ2v) is 3.36. The van der Waals surface area contributed by atoms with Crippen molar-refractivity contribution >= 4 is 0 Å². The summed E-state index contributed by atoms with van der Waals surface area (Å²) in [6, 6.07) is 14.6. The Balaban J connectivity index is 2.25. The number of phenols is 1. The van der Waals surface area contributed by atoms with E-state index in [0.29, 0.717) is 0 Å². The zero-order valence-corrected chi connectivity index (χ0v) is 8.47. The van der Waals surface area contributed by atoms with Gasteiger partial charge in [0, 0.05) is 0 Å². The van der Waals surface area contributed by atoms with Crippen molar-refractivity contribution in [1.29, 1.82) is 0 Å². The maximum absolute atomic E-state index is 9.25. The van der Waals surface area contributed by atoms with Gasteiger partial charge in [0.15, 0.2) is 0 Å². The molecule has 2 heteroatoms. The molecule has 0 saturated carbocycles. The van der Waals surface area contributed by atoms with E-state index in [1.54, 1.807) is 18.2 Å². The van der Waals surface area contributed by atoms with Crippen LogP contribution in [0.5, 0.6) is 17.2 Å². The van der Waals surface area contributed by atoms with E-state index in [2.05, 4.69) is 0 Å². The van der Waals surface area contributed by atoms with Crippen molar-refractivity contribution < 1.29 is 9.84 Å². The van der Waals surface area contributed by atoms with E-state index in [1.165, 1.54) is 0 Å². The van der Waals surface area contributed by atoms with Gasteiger partial charge in [0.05, 0.1) is 0 Å². The summed E-state index contributed by atoms with van der Waals surface area (Å²) in [5.74, 6) is 1.82. The standard InChI is InChI=1S/C13H12O2/c1-10-9-11(14)7-8-13(10)15-12-5-3-2-4-6-12/h2-9,14H,1H3. The number of phenolic OH excluding ortho intramolecular Hbond substituents is 1. The first-order chi connectivity index (χ1) is 7.25. The van der Waals surface area contributed by atoms with Gasteiger partial charge in [-0.15, -0.1) is 0 Å². The molecule has 0 amide bonds. The van der Waals surface area contributed by atoms with Crippen molar-refractivity contribution in [2.75, 3.05) is 0 Å². The molecule has 0 aliphatic heterocycles. The van der Waals surface area contributed by atoms with Crippen molar-refractivity contribution in [2.45, 2.75) is 6.92 Å². The first kappa shape index (κ1) is 9.59. The van der Waals surface area contributed by atoms with E-state index in [-0.39, 0.29) is 5.75 Å². The largest absolute Gasteiger partial charge is 0.508 e. The van der Waals surface area contributed by atoms with Gasteiger partial charge in [-0.1, -0.05) is 18.2 Å². The van der Waals surface area contributed by atoms with Gasteiger partial charge in [0.2, 0.25) is 0 Å². The molecular weight excluding hydrogens is 188 g/mol. The molecule has 2 aromatic rings. The van der Waals surface area contributed by atoms with Crippen LogP contribution in [0.2, 0.25) is 0 Å². The lowest BCUT2D eigenvalue weighted by Crippen LogP contribution is -1.86. The van der Waals surface area contributed by atoms with Crippen LogP contribution < -0.4 is 4.74 Å². The van der Waals surface area contributed by atoms with Crippen LogP contribution in [0.4, 0.5) is 0 Å². The van der Waals surface area contributed by atoms with Crippen LogP contribution in [0.1, 0.15) is 5.56 Å². The van der Waals surface area contributed by atoms with Crippen molar-refractivity contribution in [3.05, 3.63) is 54.1 Å². The van der Waals surface area contributed by atoms with E-state index < -0.39 is 0 Å². The molecule has 0 bridgehead atoms. The minimum Gasteiger partial charge on any atom is -0.508 e. The second-order valence-electron chi connectivity index (χ2n) is 3.36. The van der Waals surface area contributed by atoms with Crippen LogP contribution in [0.25, 0.3) is 0 Å². The topological polar surface area (TPSA) is 29.5 Å².